The second kappa shape index (κ2) is 13.0. The van der Waals surface area contributed by atoms with Gasteiger partial charge >= 0.3 is 332 Å². The van der Waals surface area contributed by atoms with Crippen molar-refractivity contribution in [1.82, 2.24) is 0 Å². The first-order chi connectivity index (χ1) is 28.0. The van der Waals surface area contributed by atoms with E-state index in [-0.39, 0.29) is 25.6 Å². The van der Waals surface area contributed by atoms with Gasteiger partial charge < -0.3 is 0 Å². The Morgan fingerprint density at radius 2 is 0.596 bits per heavy atom. The third-order valence-corrected chi connectivity index (χ3v) is 13.7. The summed E-state index contributed by atoms with van der Waals surface area (Å²) in [6.45, 7) is 0. The molecule has 0 bridgehead atoms. The van der Waals surface area contributed by atoms with Gasteiger partial charge in [-0.2, -0.15) is 0 Å². The Kier molecular flexibility index (Phi) is 7.72. The zero-order valence-corrected chi connectivity index (χ0v) is 31.8. The van der Waals surface area contributed by atoms with Crippen molar-refractivity contribution in [2.45, 2.75) is 0 Å². The Balaban J connectivity index is 1.13. The van der Waals surface area contributed by atoms with Crippen LogP contribution in [0.4, 0.5) is 17.6 Å². The fraction of sp³-hybridized carbons (Fsp3) is 0. The Hall–Kier alpha value is -6.52. The van der Waals surface area contributed by atoms with Crippen molar-refractivity contribution in [1.29, 1.82) is 0 Å². The summed E-state index contributed by atoms with van der Waals surface area (Å²) in [7, 11) is 0. The van der Waals surface area contributed by atoms with E-state index in [4.69, 9.17) is 0 Å². The molecule has 10 aromatic carbocycles. The average Bonchev–Trinajstić information content (AvgIpc) is 3.60. The van der Waals surface area contributed by atoms with Crippen LogP contribution in [0.3, 0.4) is 0 Å². The zero-order valence-electron chi connectivity index (χ0n) is 30.1. The monoisotopic (exact) mass is 808 g/mol. The molecule has 0 spiro atoms. The molecule has 57 heavy (non-hydrogen) atoms. The van der Waals surface area contributed by atoms with E-state index in [9.17, 15) is 0 Å². The fourth-order valence-electron chi connectivity index (χ4n) is 8.98. The van der Waals surface area contributed by atoms with Gasteiger partial charge in [0.1, 0.15) is 0 Å². The number of hydrogen-bond donors (Lipinski definition) is 0. The Labute approximate surface area is 330 Å². The molecule has 11 rings (SSSR count). The molecule has 0 amide bonds. The number of halogens is 4. The van der Waals surface area contributed by atoms with Gasteiger partial charge in [-0.3, -0.25) is 0 Å². The number of hydrogen-bond acceptors (Lipinski definition) is 0. The topological polar surface area (TPSA) is 0 Å². The van der Waals surface area contributed by atoms with Crippen molar-refractivity contribution >= 4 is 76.9 Å². The van der Waals surface area contributed by atoms with Gasteiger partial charge in [-0.05, 0) is 0 Å². The van der Waals surface area contributed by atoms with E-state index in [1.54, 1.807) is 0 Å². The molecule has 1 aromatic heterocycles. The summed E-state index contributed by atoms with van der Waals surface area (Å²) in [5, 5.41) is 9.19. The molecule has 0 nitrogen and oxygen atoms in total. The van der Waals surface area contributed by atoms with E-state index in [1.165, 1.54) is 55.7 Å². The van der Waals surface area contributed by atoms with Crippen molar-refractivity contribution in [3.63, 3.8) is 0 Å². The van der Waals surface area contributed by atoms with Gasteiger partial charge in [0.25, 0.3) is 0 Å². The van der Waals surface area contributed by atoms with E-state index in [0.717, 1.165) is 65.3 Å². The van der Waals surface area contributed by atoms with Crippen LogP contribution in [0.25, 0.3) is 107 Å². The molecule has 5 heteroatoms. The van der Waals surface area contributed by atoms with E-state index >= 15 is 17.6 Å². The van der Waals surface area contributed by atoms with Crippen LogP contribution in [0, 0.1) is 23.3 Å². The van der Waals surface area contributed by atoms with Crippen LogP contribution >= 0.6 is 0 Å². The molecule has 0 radical (unpaired) electrons. The van der Waals surface area contributed by atoms with Gasteiger partial charge in [-0.1, -0.05) is 0 Å². The molecule has 0 saturated heterocycles. The Morgan fingerprint density at radius 1 is 0.246 bits per heavy atom. The van der Waals surface area contributed by atoms with E-state index < -0.39 is 23.3 Å². The first-order valence-corrected chi connectivity index (χ1v) is 20.4. The van der Waals surface area contributed by atoms with Crippen molar-refractivity contribution < 1.29 is 17.6 Å². The number of benzene rings is 10. The molecule has 0 unspecified atom stereocenters. The van der Waals surface area contributed by atoms with Gasteiger partial charge in [-0.15, -0.1) is 0 Å². The van der Waals surface area contributed by atoms with Crippen molar-refractivity contribution in [3.8, 4) is 44.5 Å². The number of rotatable bonds is 4. The Morgan fingerprint density at radius 3 is 1.00 bits per heavy atom. The third kappa shape index (κ3) is 5.13. The zero-order chi connectivity index (χ0) is 38.4. The molecule has 270 valence electrons. The molecule has 0 atom stereocenters. The summed E-state index contributed by atoms with van der Waals surface area (Å²) < 4.78 is 64.3. The molecule has 0 saturated carbocycles. The first-order valence-electron chi connectivity index (χ1n) is 18.7. The first kappa shape index (κ1) is 33.8. The summed E-state index contributed by atoms with van der Waals surface area (Å²) in [6, 6.07) is 52.9. The van der Waals surface area contributed by atoms with E-state index in [1.807, 2.05) is 97.1 Å². The SMILES string of the molecule is Fc1cccc(F)c1-c1c2ccccc2c(-c2ccc3c(c2)[se]c2ccc(-c4c5ccccc5c(-c5c(F)cccc5F)c5ccccc45)cc23)c2ccccc12. The molecule has 1 heterocycles. The van der Waals surface area contributed by atoms with Gasteiger partial charge in [0.15, 0.2) is 0 Å². The molecule has 0 aliphatic heterocycles. The maximum atomic E-state index is 15.4. The maximum absolute atomic E-state index is 15.4. The molecule has 11 aromatic rings. The molecule has 0 aliphatic rings. The van der Waals surface area contributed by atoms with Gasteiger partial charge in [-0.25, -0.2) is 0 Å². The Bertz CT molecular complexity index is 3320. The van der Waals surface area contributed by atoms with Gasteiger partial charge in [0, 0.05) is 0 Å². The van der Waals surface area contributed by atoms with Gasteiger partial charge in [0.05, 0.1) is 0 Å². The second-order valence-electron chi connectivity index (χ2n) is 14.4. The normalized spacial score (nSPS) is 11.9. The van der Waals surface area contributed by atoms with Crippen LogP contribution < -0.4 is 0 Å². The standard InChI is InChI=1S/C52H28F4Se/c53-41-19-9-20-42(54)51(41)49-36-15-5-1-11-32(36)47(33-12-2-6-16-37(33)49)29-24-26-45-40(27-29)31-25-23-30(28-46(31)57-45)48-34-13-3-7-17-38(34)50(39-18-8-4-14-35(39)48)52-43(55)21-10-22-44(52)56/h1-28H. The van der Waals surface area contributed by atoms with Crippen LogP contribution in [0.1, 0.15) is 0 Å². The predicted molar refractivity (Wildman–Crippen MR) is 230 cm³/mol. The summed E-state index contributed by atoms with van der Waals surface area (Å²) in [5.41, 5.74) is 5.19. The van der Waals surface area contributed by atoms with Crippen molar-refractivity contribution in [2.75, 3.05) is 0 Å². The molecular weight excluding hydrogens is 780 g/mol. The van der Waals surface area contributed by atoms with Crippen LogP contribution in [0.2, 0.25) is 0 Å². The van der Waals surface area contributed by atoms with Crippen LogP contribution in [-0.2, 0) is 0 Å². The van der Waals surface area contributed by atoms with Gasteiger partial charge in [0.2, 0.25) is 0 Å². The summed E-state index contributed by atoms with van der Waals surface area (Å²) in [4.78, 5) is 0. The second-order valence-corrected chi connectivity index (χ2v) is 16.7. The minimum atomic E-state index is -0.593. The van der Waals surface area contributed by atoms with Crippen molar-refractivity contribution in [2.24, 2.45) is 0 Å². The number of fused-ring (bicyclic) bond motifs is 7. The average molecular weight is 808 g/mol. The van der Waals surface area contributed by atoms with Crippen molar-refractivity contribution in [3.05, 3.63) is 193 Å². The van der Waals surface area contributed by atoms with E-state index in [2.05, 4.69) is 36.4 Å². The van der Waals surface area contributed by atoms with E-state index in [0.29, 0.717) is 11.1 Å². The van der Waals surface area contributed by atoms with Crippen LogP contribution in [0.5, 0.6) is 0 Å². The van der Waals surface area contributed by atoms with Crippen LogP contribution in [0.15, 0.2) is 170 Å². The third-order valence-electron chi connectivity index (χ3n) is 11.3. The minimum absolute atomic E-state index is 0.0189. The molecule has 0 N–H and O–H groups in total. The predicted octanol–water partition coefficient (Wildman–Crippen LogP) is 14.9. The quantitative estimate of drug-likeness (QED) is 0.0944. The fourth-order valence-corrected chi connectivity index (χ4v) is 11.3. The summed E-state index contributed by atoms with van der Waals surface area (Å²) in [5.74, 6) is -2.37. The molecular formula is C52H28F4Se. The molecule has 0 aliphatic carbocycles. The summed E-state index contributed by atoms with van der Waals surface area (Å²) >= 11 is 0.0252. The molecule has 0 fully saturated rings. The summed E-state index contributed by atoms with van der Waals surface area (Å²) in [6.07, 6.45) is 0. The van der Waals surface area contributed by atoms with Crippen LogP contribution in [-0.4, -0.2) is 14.5 Å².